The summed E-state index contributed by atoms with van der Waals surface area (Å²) in [4.78, 5) is 19.4. The predicted molar refractivity (Wildman–Crippen MR) is 94.5 cm³/mol. The summed E-state index contributed by atoms with van der Waals surface area (Å²) in [5, 5.41) is 4.47. The van der Waals surface area contributed by atoms with Crippen molar-refractivity contribution in [2.75, 3.05) is 11.1 Å². The number of para-hydroxylation sites is 1. The van der Waals surface area contributed by atoms with Gasteiger partial charge in [0.1, 0.15) is 5.52 Å². The second-order valence-electron chi connectivity index (χ2n) is 5.64. The maximum atomic E-state index is 5.57. The first-order valence-corrected chi connectivity index (χ1v) is 7.82. The summed E-state index contributed by atoms with van der Waals surface area (Å²) in [5.41, 5.74) is 8.07. The number of nitrogens with one attached hydrogen (secondary N) is 2. The van der Waals surface area contributed by atoms with Gasteiger partial charge in [-0.25, -0.2) is 4.98 Å². The summed E-state index contributed by atoms with van der Waals surface area (Å²) < 4.78 is 0. The monoisotopic (exact) mass is 319 g/mol. The zero-order valence-corrected chi connectivity index (χ0v) is 13.0. The van der Waals surface area contributed by atoms with Gasteiger partial charge in [0.15, 0.2) is 11.5 Å². The molecule has 0 saturated heterocycles. The summed E-state index contributed by atoms with van der Waals surface area (Å²) in [6.45, 7) is 0. The first-order valence-electron chi connectivity index (χ1n) is 7.82. The van der Waals surface area contributed by atoms with Crippen LogP contribution in [-0.2, 0) is 0 Å². The number of imidazole rings is 1. The van der Waals surface area contributed by atoms with E-state index < -0.39 is 0 Å². The summed E-state index contributed by atoms with van der Waals surface area (Å²) in [7, 11) is 0. The van der Waals surface area contributed by atoms with E-state index in [0.717, 1.165) is 16.9 Å². The molecule has 1 aliphatic carbocycles. The molecular formula is C17H17N7. The predicted octanol–water partition coefficient (Wildman–Crippen LogP) is 2.74. The third kappa shape index (κ3) is 3.10. The maximum Gasteiger partial charge on any atom is 0.224 e. The highest BCUT2D eigenvalue weighted by Gasteiger charge is 2.23. The molecule has 1 aromatic carbocycles. The number of fused-ring (bicyclic) bond motifs is 2. The van der Waals surface area contributed by atoms with Crippen LogP contribution in [0.2, 0.25) is 0 Å². The molecule has 3 aromatic heterocycles. The van der Waals surface area contributed by atoms with Crippen LogP contribution in [0.1, 0.15) is 12.8 Å². The minimum absolute atomic E-state index is 0.268. The van der Waals surface area contributed by atoms with Gasteiger partial charge < -0.3 is 16.0 Å². The zero-order valence-electron chi connectivity index (χ0n) is 13.0. The molecule has 24 heavy (non-hydrogen) atoms. The lowest BCUT2D eigenvalue weighted by atomic mass is 10.2. The number of aromatic amines is 1. The molecule has 0 radical (unpaired) electrons. The van der Waals surface area contributed by atoms with Gasteiger partial charge in [0.25, 0.3) is 0 Å². The van der Waals surface area contributed by atoms with Crippen molar-refractivity contribution in [1.29, 1.82) is 0 Å². The SMILES string of the molecule is Nc1nc(NC2CC2)c2nc[nH]c2n1.c1ccc2ncccc2c1. The molecule has 0 unspecified atom stereocenters. The minimum Gasteiger partial charge on any atom is -0.368 e. The molecule has 3 heterocycles. The Hall–Kier alpha value is -3.22. The highest BCUT2D eigenvalue weighted by atomic mass is 15.1. The van der Waals surface area contributed by atoms with Gasteiger partial charge in [0, 0.05) is 17.6 Å². The summed E-state index contributed by atoms with van der Waals surface area (Å²) in [6, 6.07) is 12.6. The fourth-order valence-electron chi connectivity index (χ4n) is 2.39. The van der Waals surface area contributed by atoms with Crippen LogP contribution in [0.5, 0.6) is 0 Å². The second-order valence-corrected chi connectivity index (χ2v) is 5.64. The number of aromatic nitrogens is 5. The van der Waals surface area contributed by atoms with Gasteiger partial charge in [-0.2, -0.15) is 9.97 Å². The number of hydrogen-bond acceptors (Lipinski definition) is 6. The molecule has 1 saturated carbocycles. The zero-order chi connectivity index (χ0) is 16.4. The van der Waals surface area contributed by atoms with Crippen molar-refractivity contribution in [3.63, 3.8) is 0 Å². The summed E-state index contributed by atoms with van der Waals surface area (Å²) in [5.74, 6) is 1.00. The molecule has 120 valence electrons. The first kappa shape index (κ1) is 14.4. The van der Waals surface area contributed by atoms with Crippen LogP contribution in [0, 0.1) is 0 Å². The molecular weight excluding hydrogens is 302 g/mol. The van der Waals surface area contributed by atoms with E-state index in [2.05, 4.69) is 42.4 Å². The van der Waals surface area contributed by atoms with Gasteiger partial charge >= 0.3 is 0 Å². The number of rotatable bonds is 2. The Morgan fingerprint density at radius 1 is 1.04 bits per heavy atom. The largest absolute Gasteiger partial charge is 0.368 e. The van der Waals surface area contributed by atoms with Crippen molar-refractivity contribution in [2.45, 2.75) is 18.9 Å². The standard InChI is InChI=1S/C9H7N.C8H10N6/c1-2-6-9-8(4-1)5-3-7-10-9;9-8-13-6-5(10-3-11-6)7(14-8)12-4-1-2-4/h1-7H;3-4H,1-2H2,(H4,9,10,11,12,13,14). The summed E-state index contributed by atoms with van der Waals surface area (Å²) in [6.07, 6.45) is 5.78. The molecule has 0 spiro atoms. The molecule has 1 aliphatic rings. The number of nitrogens with two attached hydrogens (primary N) is 1. The molecule has 4 aromatic rings. The summed E-state index contributed by atoms with van der Waals surface area (Å²) >= 11 is 0. The Labute approximate surface area is 138 Å². The van der Waals surface area contributed by atoms with E-state index in [1.54, 1.807) is 6.33 Å². The van der Waals surface area contributed by atoms with Crippen molar-refractivity contribution in [1.82, 2.24) is 24.9 Å². The second kappa shape index (κ2) is 6.11. The van der Waals surface area contributed by atoms with Crippen LogP contribution >= 0.6 is 0 Å². The molecule has 0 amide bonds. The number of nitrogens with zero attached hydrogens (tertiary/aromatic N) is 4. The third-order valence-corrected chi connectivity index (χ3v) is 3.73. The van der Waals surface area contributed by atoms with Gasteiger partial charge in [-0.3, -0.25) is 4.98 Å². The average molecular weight is 319 g/mol. The third-order valence-electron chi connectivity index (χ3n) is 3.73. The van der Waals surface area contributed by atoms with E-state index in [1.165, 1.54) is 18.2 Å². The Bertz CT molecular complexity index is 909. The molecule has 4 N–H and O–H groups in total. The van der Waals surface area contributed by atoms with Crippen LogP contribution in [0.15, 0.2) is 48.9 Å². The molecule has 0 aliphatic heterocycles. The van der Waals surface area contributed by atoms with Crippen LogP contribution in [0.25, 0.3) is 22.1 Å². The quantitative estimate of drug-likeness (QED) is 0.524. The van der Waals surface area contributed by atoms with Crippen molar-refractivity contribution >= 4 is 33.8 Å². The topological polar surface area (TPSA) is 105 Å². The van der Waals surface area contributed by atoms with Crippen LogP contribution in [0.4, 0.5) is 11.8 Å². The van der Waals surface area contributed by atoms with E-state index in [1.807, 2.05) is 30.5 Å². The van der Waals surface area contributed by atoms with Gasteiger partial charge in [-0.1, -0.05) is 24.3 Å². The Kier molecular flexibility index (Phi) is 3.66. The molecule has 5 rings (SSSR count). The lowest BCUT2D eigenvalue weighted by Gasteiger charge is -2.03. The molecule has 1 fully saturated rings. The van der Waals surface area contributed by atoms with Crippen molar-refractivity contribution < 1.29 is 0 Å². The highest BCUT2D eigenvalue weighted by molar-refractivity contribution is 5.83. The average Bonchev–Trinajstić information content (AvgIpc) is 3.29. The minimum atomic E-state index is 0.268. The number of pyridine rings is 1. The molecule has 7 heteroatoms. The van der Waals surface area contributed by atoms with E-state index in [9.17, 15) is 0 Å². The fraction of sp³-hybridized carbons (Fsp3) is 0.176. The van der Waals surface area contributed by atoms with Gasteiger partial charge in [0.2, 0.25) is 5.95 Å². The molecule has 0 atom stereocenters. The smallest absolute Gasteiger partial charge is 0.224 e. The maximum absolute atomic E-state index is 5.57. The Balaban J connectivity index is 0.000000129. The fourth-order valence-corrected chi connectivity index (χ4v) is 2.39. The Morgan fingerprint density at radius 2 is 1.88 bits per heavy atom. The van der Waals surface area contributed by atoms with E-state index in [0.29, 0.717) is 11.7 Å². The van der Waals surface area contributed by atoms with Crippen LogP contribution < -0.4 is 11.1 Å². The molecule has 7 nitrogen and oxygen atoms in total. The number of H-pyrrole nitrogens is 1. The van der Waals surface area contributed by atoms with Crippen molar-refractivity contribution in [3.8, 4) is 0 Å². The first-order chi connectivity index (χ1) is 11.8. The number of anilines is 2. The normalized spacial score (nSPS) is 13.5. The van der Waals surface area contributed by atoms with E-state index in [4.69, 9.17) is 5.73 Å². The number of nitrogen functional groups attached to an aromatic ring is 1. The van der Waals surface area contributed by atoms with Gasteiger partial charge in [-0.05, 0) is 25.0 Å². The van der Waals surface area contributed by atoms with E-state index in [-0.39, 0.29) is 5.95 Å². The van der Waals surface area contributed by atoms with Gasteiger partial charge in [-0.15, -0.1) is 0 Å². The highest BCUT2D eigenvalue weighted by Crippen LogP contribution is 2.26. The van der Waals surface area contributed by atoms with Crippen molar-refractivity contribution in [3.05, 3.63) is 48.9 Å². The van der Waals surface area contributed by atoms with Gasteiger partial charge in [0.05, 0.1) is 11.8 Å². The lowest BCUT2D eigenvalue weighted by molar-refractivity contribution is 1.10. The van der Waals surface area contributed by atoms with Crippen LogP contribution in [-0.4, -0.2) is 31.0 Å². The van der Waals surface area contributed by atoms with E-state index >= 15 is 0 Å². The van der Waals surface area contributed by atoms with Crippen LogP contribution in [0.3, 0.4) is 0 Å². The number of benzene rings is 1. The molecule has 0 bridgehead atoms. The number of hydrogen-bond donors (Lipinski definition) is 3. The lowest BCUT2D eigenvalue weighted by Crippen LogP contribution is -2.06. The van der Waals surface area contributed by atoms with Crippen molar-refractivity contribution in [2.24, 2.45) is 0 Å². The Morgan fingerprint density at radius 3 is 2.71 bits per heavy atom.